The van der Waals surface area contributed by atoms with Crippen LogP contribution in [0.25, 0.3) is 0 Å². The van der Waals surface area contributed by atoms with Crippen molar-refractivity contribution in [3.05, 3.63) is 12.2 Å². The lowest BCUT2D eigenvalue weighted by atomic mass is 9.93. The number of carboxylic acids is 1. The van der Waals surface area contributed by atoms with E-state index in [1.165, 1.54) is 0 Å². The molecule has 0 saturated carbocycles. The summed E-state index contributed by atoms with van der Waals surface area (Å²) < 4.78 is 0. The molecule has 0 rings (SSSR count). The Labute approximate surface area is 109 Å². The Morgan fingerprint density at radius 2 is 1.61 bits per heavy atom. The van der Waals surface area contributed by atoms with Gasteiger partial charge in [-0.05, 0) is 31.9 Å². The molecule has 0 amide bonds. The van der Waals surface area contributed by atoms with Crippen LogP contribution < -0.4 is 5.73 Å². The molecule has 0 heterocycles. The van der Waals surface area contributed by atoms with Gasteiger partial charge in [0.1, 0.15) is 5.92 Å². The maximum atomic E-state index is 11.6. The lowest BCUT2D eigenvalue weighted by Crippen LogP contribution is -2.24. The summed E-state index contributed by atoms with van der Waals surface area (Å²) in [7, 11) is 0. The number of hydrogen-bond acceptors (Lipinski definition) is 3. The van der Waals surface area contributed by atoms with E-state index in [9.17, 15) is 9.59 Å². The van der Waals surface area contributed by atoms with E-state index in [1.54, 1.807) is 6.92 Å². The zero-order valence-corrected chi connectivity index (χ0v) is 11.3. The molecule has 0 aliphatic heterocycles. The number of carbonyl (C=O) groups is 2. The van der Waals surface area contributed by atoms with E-state index in [0.717, 1.165) is 45.1 Å². The maximum absolute atomic E-state index is 11.6. The lowest BCUT2D eigenvalue weighted by molar-refractivity contribution is -0.145. The van der Waals surface area contributed by atoms with Crippen molar-refractivity contribution in [2.24, 2.45) is 11.7 Å². The van der Waals surface area contributed by atoms with Gasteiger partial charge >= 0.3 is 5.97 Å². The number of aliphatic carboxylic acids is 1. The average Bonchev–Trinajstić information content (AvgIpc) is 2.31. The molecular weight excluding hydrogens is 230 g/mol. The molecule has 0 aromatic heterocycles. The Bertz CT molecular complexity index is 287. The summed E-state index contributed by atoms with van der Waals surface area (Å²) in [5.74, 6) is -2.29. The van der Waals surface area contributed by atoms with Gasteiger partial charge in [-0.3, -0.25) is 9.59 Å². The smallest absolute Gasteiger partial charge is 0.314 e. The first-order valence-corrected chi connectivity index (χ1v) is 6.63. The third-order valence-corrected chi connectivity index (χ3v) is 2.98. The van der Waals surface area contributed by atoms with Gasteiger partial charge in [0.25, 0.3) is 0 Å². The normalized spacial score (nSPS) is 12.1. The molecular formula is C14H25NO3. The maximum Gasteiger partial charge on any atom is 0.314 e. The van der Waals surface area contributed by atoms with Crippen LogP contribution in [0, 0.1) is 5.92 Å². The van der Waals surface area contributed by atoms with Gasteiger partial charge in [0.2, 0.25) is 0 Å². The number of hydrogen-bond donors (Lipinski definition) is 2. The van der Waals surface area contributed by atoms with E-state index >= 15 is 0 Å². The molecule has 0 saturated heterocycles. The van der Waals surface area contributed by atoms with Gasteiger partial charge in [0, 0.05) is 0 Å². The van der Waals surface area contributed by atoms with Crippen LogP contribution in [0.5, 0.6) is 0 Å². The fraction of sp³-hybridized carbons (Fsp3) is 0.714. The van der Waals surface area contributed by atoms with Crippen LogP contribution in [-0.2, 0) is 9.59 Å². The van der Waals surface area contributed by atoms with Gasteiger partial charge in [-0.15, -0.1) is 0 Å². The quantitative estimate of drug-likeness (QED) is 0.338. The molecule has 0 aliphatic carbocycles. The largest absolute Gasteiger partial charge is 0.481 e. The Balaban J connectivity index is 3.82. The van der Waals surface area contributed by atoms with Gasteiger partial charge in [-0.2, -0.15) is 0 Å². The second kappa shape index (κ2) is 9.83. The number of unbranched alkanes of at least 4 members (excludes halogenated alkanes) is 5. The first kappa shape index (κ1) is 16.8. The molecule has 1 unspecified atom stereocenters. The van der Waals surface area contributed by atoms with Crippen molar-refractivity contribution in [2.75, 3.05) is 6.54 Å². The Morgan fingerprint density at radius 1 is 1.11 bits per heavy atom. The van der Waals surface area contributed by atoms with E-state index < -0.39 is 11.9 Å². The minimum absolute atomic E-state index is 0.324. The molecule has 1 atom stereocenters. The third-order valence-electron chi connectivity index (χ3n) is 2.98. The third kappa shape index (κ3) is 7.22. The number of nitrogens with two attached hydrogens (primary N) is 1. The molecule has 0 radical (unpaired) electrons. The van der Waals surface area contributed by atoms with E-state index in [2.05, 4.69) is 6.58 Å². The first-order valence-electron chi connectivity index (χ1n) is 6.63. The number of rotatable bonds is 11. The first-order chi connectivity index (χ1) is 8.50. The molecule has 18 heavy (non-hydrogen) atoms. The zero-order chi connectivity index (χ0) is 14.0. The highest BCUT2D eigenvalue weighted by Gasteiger charge is 2.25. The summed E-state index contributed by atoms with van der Waals surface area (Å²) in [6, 6.07) is 0. The second-order valence-corrected chi connectivity index (χ2v) is 4.73. The fourth-order valence-electron chi connectivity index (χ4n) is 1.86. The summed E-state index contributed by atoms with van der Waals surface area (Å²) in [5.41, 5.74) is 5.72. The minimum atomic E-state index is -1.04. The molecule has 4 nitrogen and oxygen atoms in total. The summed E-state index contributed by atoms with van der Waals surface area (Å²) in [5, 5.41) is 8.99. The molecule has 0 aromatic rings. The van der Waals surface area contributed by atoms with Crippen LogP contribution in [0.3, 0.4) is 0 Å². The van der Waals surface area contributed by atoms with E-state index in [-0.39, 0.29) is 5.78 Å². The van der Waals surface area contributed by atoms with E-state index in [4.69, 9.17) is 10.8 Å². The van der Waals surface area contributed by atoms with Gasteiger partial charge in [-0.1, -0.05) is 38.7 Å². The van der Waals surface area contributed by atoms with Gasteiger partial charge in [0.05, 0.1) is 0 Å². The minimum Gasteiger partial charge on any atom is -0.481 e. The van der Waals surface area contributed by atoms with E-state index in [1.807, 2.05) is 0 Å². The van der Waals surface area contributed by atoms with Crippen LogP contribution >= 0.6 is 0 Å². The Kier molecular flexibility index (Phi) is 9.19. The molecule has 3 N–H and O–H groups in total. The topological polar surface area (TPSA) is 80.4 Å². The monoisotopic (exact) mass is 255 g/mol. The van der Waals surface area contributed by atoms with Crippen LogP contribution in [-0.4, -0.2) is 23.4 Å². The van der Waals surface area contributed by atoms with Crippen molar-refractivity contribution in [3.63, 3.8) is 0 Å². The fourth-order valence-corrected chi connectivity index (χ4v) is 1.86. The molecule has 0 spiro atoms. The summed E-state index contributed by atoms with van der Waals surface area (Å²) >= 11 is 0. The highest BCUT2D eigenvalue weighted by atomic mass is 16.4. The van der Waals surface area contributed by atoms with Gasteiger partial charge in [-0.25, -0.2) is 0 Å². The number of allylic oxidation sites excluding steroid dienone is 1. The van der Waals surface area contributed by atoms with Crippen LogP contribution in [0.2, 0.25) is 0 Å². The highest BCUT2D eigenvalue weighted by Crippen LogP contribution is 2.16. The number of Topliss-reactive ketones (excluding diaryl/α,β-unsaturated/α-hetero) is 1. The Hall–Kier alpha value is -1.16. The summed E-state index contributed by atoms with van der Waals surface area (Å²) in [6.07, 6.45) is 6.54. The second-order valence-electron chi connectivity index (χ2n) is 4.73. The number of carboxylic acid groups (broad SMARTS) is 1. The predicted molar refractivity (Wildman–Crippen MR) is 72.3 cm³/mol. The highest BCUT2D eigenvalue weighted by molar-refractivity contribution is 6.07. The van der Waals surface area contributed by atoms with Crippen LogP contribution in [0.4, 0.5) is 0 Å². The molecule has 0 aliphatic rings. The van der Waals surface area contributed by atoms with Crippen LogP contribution in [0.15, 0.2) is 12.2 Å². The molecule has 0 aromatic carbocycles. The van der Waals surface area contributed by atoms with Crippen molar-refractivity contribution >= 4 is 11.8 Å². The molecule has 104 valence electrons. The van der Waals surface area contributed by atoms with Crippen LogP contribution in [0.1, 0.15) is 51.9 Å². The van der Waals surface area contributed by atoms with Crippen molar-refractivity contribution in [3.8, 4) is 0 Å². The number of carbonyl (C=O) groups excluding carboxylic acids is 1. The summed E-state index contributed by atoms with van der Waals surface area (Å²) in [6.45, 7) is 5.80. The van der Waals surface area contributed by atoms with Gasteiger partial charge < -0.3 is 10.8 Å². The number of ketones is 1. The zero-order valence-electron chi connectivity index (χ0n) is 11.3. The molecule has 4 heteroatoms. The van der Waals surface area contributed by atoms with Crippen molar-refractivity contribution in [1.82, 2.24) is 0 Å². The summed E-state index contributed by atoms with van der Waals surface area (Å²) in [4.78, 5) is 22.6. The standard InChI is InChI=1S/C14H25NO3/c1-11(2)13(16)12(14(17)18)9-7-5-3-4-6-8-10-15/h12H,1,3-10,15H2,2H3,(H,17,18). The predicted octanol–water partition coefficient (Wildman–Crippen LogP) is 2.52. The van der Waals surface area contributed by atoms with E-state index in [0.29, 0.717) is 12.0 Å². The van der Waals surface area contributed by atoms with Crippen molar-refractivity contribution < 1.29 is 14.7 Å². The Morgan fingerprint density at radius 3 is 2.06 bits per heavy atom. The average molecular weight is 255 g/mol. The van der Waals surface area contributed by atoms with Crippen molar-refractivity contribution in [1.29, 1.82) is 0 Å². The molecule has 0 bridgehead atoms. The van der Waals surface area contributed by atoms with Gasteiger partial charge in [0.15, 0.2) is 5.78 Å². The lowest BCUT2D eigenvalue weighted by Gasteiger charge is -2.10. The van der Waals surface area contributed by atoms with Crippen molar-refractivity contribution in [2.45, 2.75) is 51.9 Å². The SMILES string of the molecule is C=C(C)C(=O)C(CCCCCCCCN)C(=O)O. The molecule has 0 fully saturated rings.